The number of ether oxygens (including phenoxy) is 3. The lowest BCUT2D eigenvalue weighted by Crippen LogP contribution is -2.55. The van der Waals surface area contributed by atoms with Crippen molar-refractivity contribution in [3.63, 3.8) is 0 Å². The summed E-state index contributed by atoms with van der Waals surface area (Å²) >= 11 is 0. The minimum Gasteiger partial charge on any atom is -0.458 e. The van der Waals surface area contributed by atoms with Crippen molar-refractivity contribution in [1.82, 2.24) is 0 Å². The highest BCUT2D eigenvalue weighted by atomic mass is 16.6. The van der Waals surface area contributed by atoms with Gasteiger partial charge in [-0.1, -0.05) is 137 Å². The van der Waals surface area contributed by atoms with E-state index in [0.29, 0.717) is 51.9 Å². The number of fused-ring (bicyclic) bond motifs is 10. The Morgan fingerprint density at radius 1 is 0.556 bits per heavy atom. The van der Waals surface area contributed by atoms with Crippen molar-refractivity contribution in [2.24, 2.45) is 92.7 Å². The Labute approximate surface area is 437 Å². The lowest BCUT2D eigenvalue weighted by atomic mass is 9.46. The van der Waals surface area contributed by atoms with E-state index in [-0.39, 0.29) is 53.2 Å². The molecule has 0 amide bonds. The topological polar surface area (TPSA) is 99.1 Å². The van der Waals surface area contributed by atoms with Crippen LogP contribution >= 0.6 is 0 Å². The Kier molecular flexibility index (Phi) is 17.2. The fourth-order valence-corrected chi connectivity index (χ4v) is 18.7. The molecule has 0 aromatic heterocycles. The molecule has 6 fully saturated rings. The molecule has 1 aromatic carbocycles. The highest BCUT2D eigenvalue weighted by molar-refractivity contribution is 5.89. The average Bonchev–Trinajstić information content (AvgIpc) is 3.86. The molecule has 6 saturated carbocycles. The Morgan fingerprint density at radius 2 is 1.01 bits per heavy atom. The molecule has 0 saturated heterocycles. The molecule has 1 N–H and O–H groups in total. The van der Waals surface area contributed by atoms with Crippen LogP contribution in [0.3, 0.4) is 0 Å². The van der Waals surface area contributed by atoms with Gasteiger partial charge in [0, 0.05) is 32.1 Å². The van der Waals surface area contributed by atoms with E-state index in [1.807, 2.05) is 30.3 Å². The lowest BCUT2D eigenvalue weighted by molar-refractivity contribution is -0.159. The van der Waals surface area contributed by atoms with Crippen LogP contribution in [-0.2, 0) is 23.8 Å². The standard InChI is InChI=1S/C36H52O4.C29H48O3/c1-23(2)11-10-12-24(3)29-15-16-30-33-31(18-20-36(29,30)6)35(5)19-17-28(21-27(35)22-32(33)39-25(4)37)40-34(38)26-13-8-7-9-14-26;1-18(2)8-7-9-19(3)23-10-11-24-27-25(13-15-29(23,24)6)28(5)14-12-22(31)16-21(28)17-26(27)32-20(4)30/h7-9,13-14,22-24,28-33H,10-12,15-21H2,1-6H3;17-19,22-27,31H,7-16H2,1-6H3. The third-order valence-corrected chi connectivity index (χ3v) is 22.4. The Hall–Kier alpha value is -2.93. The minimum absolute atomic E-state index is 0.0826. The smallest absolute Gasteiger partial charge is 0.338 e. The first-order valence-electron chi connectivity index (χ1n) is 29.8. The molecule has 0 heterocycles. The first-order valence-corrected chi connectivity index (χ1v) is 29.8. The van der Waals surface area contributed by atoms with Crippen LogP contribution in [-0.4, -0.2) is 47.4 Å². The Balaban J connectivity index is 0.000000197. The van der Waals surface area contributed by atoms with Crippen LogP contribution < -0.4 is 0 Å². The van der Waals surface area contributed by atoms with E-state index in [4.69, 9.17) is 14.2 Å². The molecule has 9 rings (SSSR count). The van der Waals surface area contributed by atoms with Gasteiger partial charge in [-0.05, 0) is 189 Å². The fraction of sp³-hybridized carbons (Fsp3) is 0.800. The molecular weight excluding hydrogens is 893 g/mol. The van der Waals surface area contributed by atoms with Gasteiger partial charge in [-0.25, -0.2) is 4.79 Å². The quantitative estimate of drug-likeness (QED) is 0.113. The largest absolute Gasteiger partial charge is 0.458 e. The van der Waals surface area contributed by atoms with Crippen LogP contribution in [0.4, 0.5) is 0 Å². The molecule has 0 aliphatic heterocycles. The van der Waals surface area contributed by atoms with E-state index >= 15 is 0 Å². The summed E-state index contributed by atoms with van der Waals surface area (Å²) in [6, 6.07) is 9.29. The summed E-state index contributed by atoms with van der Waals surface area (Å²) in [4.78, 5) is 37.3. The first-order chi connectivity index (χ1) is 34.1. The maximum Gasteiger partial charge on any atom is 0.338 e. The normalized spacial score (nSPS) is 40.5. The molecule has 0 radical (unpaired) electrons. The van der Waals surface area contributed by atoms with Gasteiger partial charge in [-0.15, -0.1) is 0 Å². The number of aliphatic hydroxyl groups excluding tert-OH is 1. The molecule has 1 aromatic rings. The van der Waals surface area contributed by atoms with Crippen LogP contribution in [0.5, 0.6) is 0 Å². The summed E-state index contributed by atoms with van der Waals surface area (Å²) in [5.74, 6) is 7.22. The van der Waals surface area contributed by atoms with Gasteiger partial charge in [-0.3, -0.25) is 9.59 Å². The summed E-state index contributed by atoms with van der Waals surface area (Å²) in [5, 5.41) is 10.4. The maximum atomic E-state index is 12.8. The zero-order valence-electron chi connectivity index (χ0n) is 47.3. The summed E-state index contributed by atoms with van der Waals surface area (Å²) in [6.07, 6.45) is 27.6. The van der Waals surface area contributed by atoms with Gasteiger partial charge in [0.2, 0.25) is 0 Å². The van der Waals surface area contributed by atoms with Gasteiger partial charge in [0.05, 0.1) is 11.7 Å². The van der Waals surface area contributed by atoms with Crippen LogP contribution in [0.2, 0.25) is 0 Å². The zero-order valence-corrected chi connectivity index (χ0v) is 47.3. The molecular formula is C65H100O7. The number of esters is 3. The molecule has 72 heavy (non-hydrogen) atoms. The van der Waals surface area contributed by atoms with Crippen molar-refractivity contribution < 1.29 is 33.7 Å². The Bertz CT molecular complexity index is 2110. The number of carbonyl (C=O) groups excluding carboxylic acids is 3. The molecule has 18 atom stereocenters. The third-order valence-electron chi connectivity index (χ3n) is 22.4. The number of hydrogen-bond acceptors (Lipinski definition) is 7. The van der Waals surface area contributed by atoms with Gasteiger partial charge in [0.1, 0.15) is 18.3 Å². The number of rotatable bonds is 14. The maximum absolute atomic E-state index is 12.8. The second-order valence-electron chi connectivity index (χ2n) is 27.5. The molecule has 0 spiro atoms. The van der Waals surface area contributed by atoms with E-state index < -0.39 is 0 Å². The average molecular weight is 994 g/mol. The van der Waals surface area contributed by atoms with Crippen LogP contribution in [0, 0.1) is 92.7 Å². The number of benzene rings is 1. The second-order valence-corrected chi connectivity index (χ2v) is 27.5. The van der Waals surface area contributed by atoms with Gasteiger partial charge in [0.15, 0.2) is 0 Å². The molecule has 18 unspecified atom stereocenters. The summed E-state index contributed by atoms with van der Waals surface area (Å²) in [7, 11) is 0. The van der Waals surface area contributed by atoms with Gasteiger partial charge < -0.3 is 19.3 Å². The minimum atomic E-state index is -0.243. The van der Waals surface area contributed by atoms with Crippen LogP contribution in [0.25, 0.3) is 0 Å². The van der Waals surface area contributed by atoms with Crippen molar-refractivity contribution in [1.29, 1.82) is 0 Å². The van der Waals surface area contributed by atoms with Crippen molar-refractivity contribution in [3.8, 4) is 0 Å². The third kappa shape index (κ3) is 11.0. The SMILES string of the molecule is CC(=O)OC1C=C2CC(O)CCC2(C)C2CCC3(C)C(C(C)CCCC(C)C)CCC3C12.CC(=O)OC1C=C2CC(OC(=O)c3ccccc3)CCC2(C)C2CCC3(C)C(C(C)CCCC(C)C)CCC3C12. The van der Waals surface area contributed by atoms with Gasteiger partial charge >= 0.3 is 17.9 Å². The van der Waals surface area contributed by atoms with Crippen LogP contribution in [0.1, 0.15) is 222 Å². The van der Waals surface area contributed by atoms with Gasteiger partial charge in [-0.2, -0.15) is 0 Å². The predicted octanol–water partition coefficient (Wildman–Crippen LogP) is 15.7. The molecule has 7 heteroatoms. The summed E-state index contributed by atoms with van der Waals surface area (Å²) in [6.45, 7) is 27.6. The molecule has 0 bridgehead atoms. The van der Waals surface area contributed by atoms with E-state index in [2.05, 4.69) is 81.4 Å². The zero-order chi connectivity index (χ0) is 51.9. The fourth-order valence-electron chi connectivity index (χ4n) is 18.7. The lowest BCUT2D eigenvalue weighted by Gasteiger charge is -2.59. The molecule has 8 aliphatic carbocycles. The number of aliphatic hydroxyl groups is 1. The highest BCUT2D eigenvalue weighted by Gasteiger charge is 2.64. The van der Waals surface area contributed by atoms with Crippen molar-refractivity contribution in [3.05, 3.63) is 59.2 Å². The van der Waals surface area contributed by atoms with E-state index in [1.54, 1.807) is 13.8 Å². The van der Waals surface area contributed by atoms with Crippen molar-refractivity contribution in [2.45, 2.75) is 236 Å². The number of hydrogen-bond donors (Lipinski definition) is 1. The van der Waals surface area contributed by atoms with E-state index in [1.165, 1.54) is 101 Å². The molecule has 8 aliphatic rings. The highest BCUT2D eigenvalue weighted by Crippen LogP contribution is 2.69. The Morgan fingerprint density at radius 3 is 1.47 bits per heavy atom. The molecule has 7 nitrogen and oxygen atoms in total. The van der Waals surface area contributed by atoms with E-state index in [9.17, 15) is 19.5 Å². The summed E-state index contributed by atoms with van der Waals surface area (Å²) < 4.78 is 18.2. The van der Waals surface area contributed by atoms with Crippen molar-refractivity contribution in [2.75, 3.05) is 0 Å². The first kappa shape index (κ1) is 55.3. The predicted molar refractivity (Wildman–Crippen MR) is 290 cm³/mol. The number of carbonyl (C=O) groups is 3. The van der Waals surface area contributed by atoms with Gasteiger partial charge in [0.25, 0.3) is 0 Å². The summed E-state index contributed by atoms with van der Waals surface area (Å²) in [5.41, 5.74) is 4.25. The van der Waals surface area contributed by atoms with Crippen molar-refractivity contribution >= 4 is 17.9 Å². The monoisotopic (exact) mass is 993 g/mol. The second kappa shape index (κ2) is 22.3. The molecule has 402 valence electrons. The van der Waals surface area contributed by atoms with E-state index in [0.717, 1.165) is 74.0 Å². The van der Waals surface area contributed by atoms with Crippen LogP contribution in [0.15, 0.2) is 53.6 Å².